The SMILES string of the molecule is CC/C=C\C/C=C\C/C=C\C/C=C\C/C=C\C/C=C\C/C=C\CCCCCCCCCCCCCC(=O)OC(COC(=O)CCCC/C=C\C/C=C\C/C=C\C/C=C\C/C=C\C/C=C\CC)COP(=O)([O-])OCC[N+](C)(C)C. The summed E-state index contributed by atoms with van der Waals surface area (Å²) in [5.74, 6) is -0.900. The Balaban J connectivity index is 4.23. The van der Waals surface area contributed by atoms with Gasteiger partial charge in [-0.25, -0.2) is 0 Å². The number of likely N-dealkylation sites (N-methyl/N-ethyl adjacent to an activating group) is 1. The second-order valence-corrected chi connectivity index (χ2v) is 22.0. The fourth-order valence-corrected chi connectivity index (χ4v) is 8.19. The van der Waals surface area contributed by atoms with E-state index in [-0.39, 0.29) is 26.1 Å². The Morgan fingerprint density at radius 1 is 0.397 bits per heavy atom. The first-order chi connectivity index (χ1) is 38.0. The second kappa shape index (κ2) is 57.3. The summed E-state index contributed by atoms with van der Waals surface area (Å²) in [4.78, 5) is 37.9. The van der Waals surface area contributed by atoms with E-state index in [0.717, 1.165) is 122 Å². The van der Waals surface area contributed by atoms with E-state index in [2.05, 4.69) is 172 Å². The summed E-state index contributed by atoms with van der Waals surface area (Å²) in [6.45, 7) is 3.93. The normalized spacial score (nSPS) is 14.4. The molecular formula is C68H110NO8P. The Bertz CT molecular complexity index is 1870. The van der Waals surface area contributed by atoms with Crippen LogP contribution in [0, 0.1) is 0 Å². The average molecular weight is 1100 g/mol. The molecule has 0 aromatic rings. The first-order valence-corrected chi connectivity index (χ1v) is 31.7. The van der Waals surface area contributed by atoms with Gasteiger partial charge in [0, 0.05) is 12.8 Å². The molecule has 0 aliphatic heterocycles. The first kappa shape index (κ1) is 73.6. The molecule has 0 aromatic carbocycles. The third-order valence-corrected chi connectivity index (χ3v) is 13.0. The molecule has 0 saturated carbocycles. The van der Waals surface area contributed by atoms with Crippen LogP contribution in [0.15, 0.2) is 158 Å². The van der Waals surface area contributed by atoms with E-state index >= 15 is 0 Å². The number of esters is 2. The van der Waals surface area contributed by atoms with Crippen LogP contribution in [0.5, 0.6) is 0 Å². The molecule has 0 bridgehead atoms. The second-order valence-electron chi connectivity index (χ2n) is 20.6. The van der Waals surface area contributed by atoms with Crippen molar-refractivity contribution in [2.45, 2.75) is 213 Å². The van der Waals surface area contributed by atoms with Crippen LogP contribution < -0.4 is 4.89 Å². The molecule has 0 saturated heterocycles. The molecule has 9 nitrogen and oxygen atoms in total. The van der Waals surface area contributed by atoms with Crippen LogP contribution >= 0.6 is 7.82 Å². The van der Waals surface area contributed by atoms with E-state index in [9.17, 15) is 19.0 Å². The molecule has 0 fully saturated rings. The molecule has 2 atom stereocenters. The monoisotopic (exact) mass is 1100 g/mol. The number of nitrogens with zero attached hydrogens (tertiary/aromatic N) is 1. The van der Waals surface area contributed by atoms with Crippen molar-refractivity contribution in [2.24, 2.45) is 0 Å². The standard InChI is InChI=1S/C68H110NO8P/c1-6-8-10-12-14-16-18-20-22-24-26-28-29-30-31-32-33-34-35-36-37-38-39-41-43-45-47-49-51-53-55-57-59-61-68(71)77-66(65-76-78(72,73)75-63-62-69(3,4)5)64-74-67(70)60-58-56-54-52-50-48-46-44-42-40-27-25-23-21-19-17-15-13-11-9-7-2/h8-11,14-17,20-23,26-28,30-31,33-34,36-37,40,44,46,50,52,66H,6-7,12-13,18-19,24-25,29,32,35,38-39,41-43,45,47-49,51,53-65H2,1-5H3/b10-8-,11-9-,16-14-,17-15-,22-20-,23-21-,28-26-,31-30-,34-33-,37-36-,40-27-,46-44-,52-50-. The van der Waals surface area contributed by atoms with Gasteiger partial charge in [0.25, 0.3) is 7.82 Å². The molecule has 0 aliphatic carbocycles. The lowest BCUT2D eigenvalue weighted by Gasteiger charge is -2.28. The highest BCUT2D eigenvalue weighted by atomic mass is 31.2. The first-order valence-electron chi connectivity index (χ1n) is 30.2. The van der Waals surface area contributed by atoms with Gasteiger partial charge in [-0.15, -0.1) is 0 Å². The van der Waals surface area contributed by atoms with Crippen LogP contribution in [0.1, 0.15) is 206 Å². The molecule has 0 aliphatic rings. The minimum atomic E-state index is -4.66. The predicted molar refractivity (Wildman–Crippen MR) is 332 cm³/mol. The maximum absolute atomic E-state index is 12.8. The molecular weight excluding hydrogens is 990 g/mol. The fraction of sp³-hybridized carbons (Fsp3) is 0.588. The van der Waals surface area contributed by atoms with Gasteiger partial charge in [-0.2, -0.15) is 0 Å². The number of hydrogen-bond acceptors (Lipinski definition) is 8. The zero-order chi connectivity index (χ0) is 57.0. The van der Waals surface area contributed by atoms with E-state index < -0.39 is 32.5 Å². The van der Waals surface area contributed by atoms with Gasteiger partial charge < -0.3 is 27.9 Å². The van der Waals surface area contributed by atoms with Gasteiger partial charge in [-0.1, -0.05) is 230 Å². The number of ether oxygens (including phenoxy) is 2. The summed E-state index contributed by atoms with van der Waals surface area (Å²) >= 11 is 0. The van der Waals surface area contributed by atoms with Gasteiger partial charge >= 0.3 is 11.9 Å². The van der Waals surface area contributed by atoms with Crippen LogP contribution in [0.2, 0.25) is 0 Å². The van der Waals surface area contributed by atoms with Gasteiger partial charge in [-0.05, 0) is 122 Å². The van der Waals surface area contributed by atoms with Crippen LogP contribution in [-0.2, 0) is 32.7 Å². The minimum Gasteiger partial charge on any atom is -0.756 e. The summed E-state index contributed by atoms with van der Waals surface area (Å²) in [7, 11) is 1.12. The van der Waals surface area contributed by atoms with Crippen LogP contribution in [0.4, 0.5) is 0 Å². The highest BCUT2D eigenvalue weighted by Gasteiger charge is 2.21. The number of carbonyl (C=O) groups excluding carboxylic acids is 2. The highest BCUT2D eigenvalue weighted by molar-refractivity contribution is 7.45. The molecule has 0 heterocycles. The quantitative estimate of drug-likeness (QED) is 0.0195. The van der Waals surface area contributed by atoms with Crippen molar-refractivity contribution in [1.29, 1.82) is 0 Å². The molecule has 440 valence electrons. The average Bonchev–Trinajstić information content (AvgIpc) is 3.41. The summed E-state index contributed by atoms with van der Waals surface area (Å²) in [5.41, 5.74) is 0. The lowest BCUT2D eigenvalue weighted by Crippen LogP contribution is -2.37. The fourth-order valence-electron chi connectivity index (χ4n) is 7.46. The molecule has 0 rings (SSSR count). The number of phosphoric acid groups is 1. The van der Waals surface area contributed by atoms with Gasteiger partial charge in [0.05, 0.1) is 27.7 Å². The smallest absolute Gasteiger partial charge is 0.306 e. The number of hydrogen-bond donors (Lipinski definition) is 0. The third kappa shape index (κ3) is 60.9. The van der Waals surface area contributed by atoms with E-state index in [0.29, 0.717) is 23.9 Å². The molecule has 0 amide bonds. The number of rotatable bonds is 53. The van der Waals surface area contributed by atoms with E-state index in [1.807, 2.05) is 21.1 Å². The van der Waals surface area contributed by atoms with Crippen molar-refractivity contribution < 1.29 is 42.1 Å². The summed E-state index contributed by atoms with van der Waals surface area (Å²) < 4.78 is 34.1. The van der Waals surface area contributed by atoms with Gasteiger partial charge in [0.2, 0.25) is 0 Å². The summed E-state index contributed by atoms with van der Waals surface area (Å²) in [6.07, 6.45) is 85.8. The number of quaternary nitrogens is 1. The van der Waals surface area contributed by atoms with Crippen LogP contribution in [-0.4, -0.2) is 70.0 Å². The molecule has 0 N–H and O–H groups in total. The third-order valence-electron chi connectivity index (χ3n) is 12.0. The van der Waals surface area contributed by atoms with Crippen LogP contribution in [0.3, 0.4) is 0 Å². The zero-order valence-electron chi connectivity index (χ0n) is 49.8. The van der Waals surface area contributed by atoms with Crippen molar-refractivity contribution >= 4 is 19.8 Å². The minimum absolute atomic E-state index is 0.0476. The van der Waals surface area contributed by atoms with Crippen LogP contribution in [0.25, 0.3) is 0 Å². The van der Waals surface area contributed by atoms with Gasteiger partial charge in [0.15, 0.2) is 6.10 Å². The predicted octanol–water partition coefficient (Wildman–Crippen LogP) is 18.6. The number of carbonyl (C=O) groups is 2. The molecule has 10 heteroatoms. The molecule has 0 spiro atoms. The van der Waals surface area contributed by atoms with E-state index in [4.69, 9.17) is 18.5 Å². The number of unbranched alkanes of at least 4 members (excludes halogenated alkanes) is 13. The Morgan fingerprint density at radius 3 is 1.05 bits per heavy atom. The Morgan fingerprint density at radius 2 is 0.692 bits per heavy atom. The van der Waals surface area contributed by atoms with Gasteiger partial charge in [-0.3, -0.25) is 14.2 Å². The largest absolute Gasteiger partial charge is 0.756 e. The van der Waals surface area contributed by atoms with E-state index in [1.165, 1.54) is 44.9 Å². The van der Waals surface area contributed by atoms with Crippen molar-refractivity contribution in [3.05, 3.63) is 158 Å². The van der Waals surface area contributed by atoms with Crippen molar-refractivity contribution in [3.63, 3.8) is 0 Å². The maximum Gasteiger partial charge on any atom is 0.306 e. The van der Waals surface area contributed by atoms with Crippen molar-refractivity contribution in [1.82, 2.24) is 0 Å². The van der Waals surface area contributed by atoms with Gasteiger partial charge in [0.1, 0.15) is 19.8 Å². The van der Waals surface area contributed by atoms with E-state index in [1.54, 1.807) is 0 Å². The summed E-state index contributed by atoms with van der Waals surface area (Å²) in [6, 6.07) is 0. The summed E-state index contributed by atoms with van der Waals surface area (Å²) in [5, 5.41) is 0. The molecule has 0 radical (unpaired) electrons. The Kier molecular flexibility index (Phi) is 54.1. The Labute approximate surface area is 477 Å². The number of allylic oxidation sites excluding steroid dienone is 26. The molecule has 78 heavy (non-hydrogen) atoms. The lowest BCUT2D eigenvalue weighted by atomic mass is 10.0. The van der Waals surface area contributed by atoms with Crippen molar-refractivity contribution in [3.8, 4) is 0 Å². The maximum atomic E-state index is 12.8. The lowest BCUT2D eigenvalue weighted by molar-refractivity contribution is -0.870. The molecule has 2 unspecified atom stereocenters. The molecule has 0 aromatic heterocycles. The topological polar surface area (TPSA) is 111 Å². The van der Waals surface area contributed by atoms with Crippen molar-refractivity contribution in [2.75, 3.05) is 47.5 Å². The highest BCUT2D eigenvalue weighted by Crippen LogP contribution is 2.38. The Hall–Kier alpha value is -4.37. The number of phosphoric ester groups is 1. The zero-order valence-corrected chi connectivity index (χ0v) is 50.7.